The van der Waals surface area contributed by atoms with Crippen LogP contribution >= 0.6 is 11.3 Å². The van der Waals surface area contributed by atoms with E-state index in [2.05, 4.69) is 10.2 Å². The summed E-state index contributed by atoms with van der Waals surface area (Å²) in [5, 5.41) is 7.29. The summed E-state index contributed by atoms with van der Waals surface area (Å²) in [6, 6.07) is 1.92. The number of H-pyrrole nitrogens is 1. The van der Waals surface area contributed by atoms with Crippen LogP contribution in [0.15, 0.2) is 6.07 Å². The van der Waals surface area contributed by atoms with Gasteiger partial charge in [0, 0.05) is 29.1 Å². The molecule has 4 heterocycles. The number of hydrogen-bond acceptors (Lipinski definition) is 5. The van der Waals surface area contributed by atoms with Crippen LogP contribution in [0, 0.1) is 13.8 Å². The second-order valence-corrected chi connectivity index (χ2v) is 7.44. The number of hydrogen-bond donors (Lipinski definition) is 1. The lowest BCUT2D eigenvalue weighted by Crippen LogP contribution is -2.43. The summed E-state index contributed by atoms with van der Waals surface area (Å²) in [6.45, 7) is 7.02. The number of rotatable bonds is 2. The maximum Gasteiger partial charge on any atom is 0.264 e. The number of ether oxygens (including phenoxy) is 2. The number of morpholine rings is 1. The minimum absolute atomic E-state index is 0.0830. The Bertz CT molecular complexity index is 724. The maximum atomic E-state index is 13.2. The summed E-state index contributed by atoms with van der Waals surface area (Å²) in [7, 11) is 0. The molecule has 0 saturated carbocycles. The van der Waals surface area contributed by atoms with Crippen molar-refractivity contribution in [3.63, 3.8) is 0 Å². The van der Waals surface area contributed by atoms with Crippen molar-refractivity contribution in [2.45, 2.75) is 32.9 Å². The first-order chi connectivity index (χ1) is 11.6. The van der Waals surface area contributed by atoms with Gasteiger partial charge in [0.15, 0.2) is 0 Å². The SMILES string of the molecule is Cc1n[nH]c(C)c1C1COCCN1C(=O)c1cc2c(s1)CCOC2. The summed E-state index contributed by atoms with van der Waals surface area (Å²) in [5.74, 6) is 0.0858. The number of aromatic nitrogens is 2. The number of fused-ring (bicyclic) bond motifs is 1. The first kappa shape index (κ1) is 15.8. The molecule has 1 saturated heterocycles. The molecule has 0 spiro atoms. The fourth-order valence-corrected chi connectivity index (χ4v) is 4.64. The second kappa shape index (κ2) is 6.31. The average molecular weight is 347 g/mol. The summed E-state index contributed by atoms with van der Waals surface area (Å²) >= 11 is 1.61. The fourth-order valence-electron chi connectivity index (χ4n) is 3.53. The summed E-state index contributed by atoms with van der Waals surface area (Å²) in [6.07, 6.45) is 0.903. The molecule has 24 heavy (non-hydrogen) atoms. The Hall–Kier alpha value is -1.70. The van der Waals surface area contributed by atoms with Gasteiger partial charge in [0.05, 0.1) is 43.0 Å². The molecule has 1 atom stereocenters. The monoisotopic (exact) mass is 347 g/mol. The topological polar surface area (TPSA) is 67.5 Å². The summed E-state index contributed by atoms with van der Waals surface area (Å²) in [4.78, 5) is 17.2. The normalized spacial score (nSPS) is 20.9. The van der Waals surface area contributed by atoms with E-state index in [1.54, 1.807) is 11.3 Å². The van der Waals surface area contributed by atoms with Crippen LogP contribution in [0.4, 0.5) is 0 Å². The number of nitrogens with zero attached hydrogens (tertiary/aromatic N) is 2. The highest BCUT2D eigenvalue weighted by Crippen LogP contribution is 2.33. The Labute approximate surface area is 144 Å². The van der Waals surface area contributed by atoms with Crippen molar-refractivity contribution in [3.8, 4) is 0 Å². The van der Waals surface area contributed by atoms with Gasteiger partial charge in [-0.15, -0.1) is 11.3 Å². The molecule has 1 fully saturated rings. The van der Waals surface area contributed by atoms with Crippen LogP contribution < -0.4 is 0 Å². The van der Waals surface area contributed by atoms with Crippen LogP contribution in [0.3, 0.4) is 0 Å². The number of nitrogens with one attached hydrogen (secondary N) is 1. The molecule has 2 aromatic rings. The Kier molecular flexibility index (Phi) is 4.15. The summed E-state index contributed by atoms with van der Waals surface area (Å²) < 4.78 is 11.2. The van der Waals surface area contributed by atoms with Gasteiger partial charge in [-0.05, 0) is 25.5 Å². The fraction of sp³-hybridized carbons (Fsp3) is 0.529. The molecule has 1 amide bonds. The molecule has 2 aromatic heterocycles. The molecule has 7 heteroatoms. The molecule has 0 bridgehead atoms. The van der Waals surface area contributed by atoms with E-state index in [0.29, 0.717) is 26.4 Å². The molecule has 1 unspecified atom stereocenters. The van der Waals surface area contributed by atoms with Crippen LogP contribution in [0.2, 0.25) is 0 Å². The Morgan fingerprint density at radius 1 is 1.38 bits per heavy atom. The predicted octanol–water partition coefficient (Wildman–Crippen LogP) is 2.37. The highest BCUT2D eigenvalue weighted by molar-refractivity contribution is 7.14. The number of thiophene rings is 1. The van der Waals surface area contributed by atoms with E-state index < -0.39 is 0 Å². The minimum Gasteiger partial charge on any atom is -0.377 e. The van der Waals surface area contributed by atoms with E-state index in [4.69, 9.17) is 9.47 Å². The molecular weight excluding hydrogens is 326 g/mol. The largest absolute Gasteiger partial charge is 0.377 e. The third kappa shape index (κ3) is 2.66. The molecule has 2 aliphatic rings. The number of amides is 1. The van der Waals surface area contributed by atoms with Gasteiger partial charge in [0.2, 0.25) is 0 Å². The van der Waals surface area contributed by atoms with E-state index in [1.165, 1.54) is 4.88 Å². The number of carbonyl (C=O) groups excluding carboxylic acids is 1. The highest BCUT2D eigenvalue weighted by atomic mass is 32.1. The van der Waals surface area contributed by atoms with E-state index in [0.717, 1.165) is 40.4 Å². The smallest absolute Gasteiger partial charge is 0.264 e. The molecule has 6 nitrogen and oxygen atoms in total. The van der Waals surface area contributed by atoms with Crippen molar-refractivity contribution in [1.82, 2.24) is 15.1 Å². The van der Waals surface area contributed by atoms with Crippen LogP contribution in [0.25, 0.3) is 0 Å². The maximum absolute atomic E-state index is 13.2. The zero-order chi connectivity index (χ0) is 16.7. The number of aryl methyl sites for hydroxylation is 2. The standard InChI is InChI=1S/C17H21N3O3S/c1-10-16(11(2)19-18-10)13-9-23-6-4-20(13)17(21)15-7-12-8-22-5-3-14(12)24-15/h7,13H,3-6,8-9H2,1-2H3,(H,18,19). The lowest BCUT2D eigenvalue weighted by molar-refractivity contribution is -0.00275. The van der Waals surface area contributed by atoms with Crippen molar-refractivity contribution in [1.29, 1.82) is 0 Å². The minimum atomic E-state index is -0.0830. The molecule has 0 radical (unpaired) electrons. The van der Waals surface area contributed by atoms with Gasteiger partial charge >= 0.3 is 0 Å². The van der Waals surface area contributed by atoms with Crippen molar-refractivity contribution in [2.24, 2.45) is 0 Å². The molecular formula is C17H21N3O3S. The van der Waals surface area contributed by atoms with E-state index in [9.17, 15) is 4.79 Å². The van der Waals surface area contributed by atoms with Gasteiger partial charge < -0.3 is 14.4 Å². The first-order valence-electron chi connectivity index (χ1n) is 8.24. The molecule has 2 aliphatic heterocycles. The van der Waals surface area contributed by atoms with Gasteiger partial charge in [-0.3, -0.25) is 9.89 Å². The third-order valence-electron chi connectivity index (χ3n) is 4.75. The van der Waals surface area contributed by atoms with Gasteiger partial charge in [0.1, 0.15) is 0 Å². The predicted molar refractivity (Wildman–Crippen MR) is 90.3 cm³/mol. The van der Waals surface area contributed by atoms with Crippen LogP contribution in [0.5, 0.6) is 0 Å². The molecule has 0 aromatic carbocycles. The Morgan fingerprint density at radius 3 is 3.00 bits per heavy atom. The van der Waals surface area contributed by atoms with Crippen LogP contribution in [-0.2, 0) is 22.5 Å². The molecule has 1 N–H and O–H groups in total. The molecule has 128 valence electrons. The zero-order valence-electron chi connectivity index (χ0n) is 13.9. The highest BCUT2D eigenvalue weighted by Gasteiger charge is 2.33. The average Bonchev–Trinajstić information content (AvgIpc) is 3.17. The first-order valence-corrected chi connectivity index (χ1v) is 9.06. The second-order valence-electron chi connectivity index (χ2n) is 6.30. The third-order valence-corrected chi connectivity index (χ3v) is 5.97. The molecule has 0 aliphatic carbocycles. The lowest BCUT2D eigenvalue weighted by Gasteiger charge is -2.35. The van der Waals surface area contributed by atoms with Crippen molar-refractivity contribution in [3.05, 3.63) is 38.3 Å². The van der Waals surface area contributed by atoms with Crippen molar-refractivity contribution >= 4 is 17.2 Å². The lowest BCUT2D eigenvalue weighted by atomic mass is 10.0. The van der Waals surface area contributed by atoms with E-state index in [1.807, 2.05) is 24.8 Å². The van der Waals surface area contributed by atoms with Crippen LogP contribution in [0.1, 0.15) is 43.1 Å². The van der Waals surface area contributed by atoms with Crippen molar-refractivity contribution < 1.29 is 14.3 Å². The van der Waals surface area contributed by atoms with Crippen LogP contribution in [-0.4, -0.2) is 47.4 Å². The van der Waals surface area contributed by atoms with Gasteiger partial charge in [0.25, 0.3) is 5.91 Å². The van der Waals surface area contributed by atoms with Crippen molar-refractivity contribution in [2.75, 3.05) is 26.4 Å². The quantitative estimate of drug-likeness (QED) is 0.906. The van der Waals surface area contributed by atoms with Gasteiger partial charge in [-0.2, -0.15) is 5.10 Å². The van der Waals surface area contributed by atoms with E-state index >= 15 is 0 Å². The van der Waals surface area contributed by atoms with E-state index in [-0.39, 0.29) is 11.9 Å². The number of carbonyl (C=O) groups is 1. The Balaban J connectivity index is 1.65. The number of aromatic amines is 1. The summed E-state index contributed by atoms with van der Waals surface area (Å²) in [5.41, 5.74) is 4.17. The molecule has 4 rings (SSSR count). The van der Waals surface area contributed by atoms with Gasteiger partial charge in [-0.25, -0.2) is 0 Å². The Morgan fingerprint density at radius 2 is 2.25 bits per heavy atom. The zero-order valence-corrected chi connectivity index (χ0v) is 14.7. The van der Waals surface area contributed by atoms with Gasteiger partial charge in [-0.1, -0.05) is 0 Å².